The van der Waals surface area contributed by atoms with Crippen LogP contribution in [-0.2, 0) is 0 Å². The summed E-state index contributed by atoms with van der Waals surface area (Å²) in [6.07, 6.45) is 0. The van der Waals surface area contributed by atoms with E-state index in [2.05, 4.69) is 158 Å². The van der Waals surface area contributed by atoms with Gasteiger partial charge in [0.15, 0.2) is 0 Å². The van der Waals surface area contributed by atoms with Crippen molar-refractivity contribution in [1.29, 1.82) is 0 Å². The fourth-order valence-corrected chi connectivity index (χ4v) is 7.45. The Labute approximate surface area is 260 Å². The van der Waals surface area contributed by atoms with Gasteiger partial charge in [-0.1, -0.05) is 133 Å². The van der Waals surface area contributed by atoms with E-state index in [1.165, 1.54) is 76.5 Å². The van der Waals surface area contributed by atoms with E-state index in [0.717, 1.165) is 22.6 Å². The molecule has 0 aromatic heterocycles. The molecular formula is C44H26O. The van der Waals surface area contributed by atoms with E-state index in [1.54, 1.807) is 0 Å². The van der Waals surface area contributed by atoms with Crippen LogP contribution in [0.1, 0.15) is 0 Å². The van der Waals surface area contributed by atoms with Crippen LogP contribution in [0.25, 0.3) is 87.6 Å². The van der Waals surface area contributed by atoms with Crippen LogP contribution in [0.3, 0.4) is 0 Å². The third kappa shape index (κ3) is 3.68. The van der Waals surface area contributed by atoms with Crippen molar-refractivity contribution in [3.05, 3.63) is 158 Å². The van der Waals surface area contributed by atoms with Crippen molar-refractivity contribution < 1.29 is 4.74 Å². The lowest BCUT2D eigenvalue weighted by molar-refractivity contribution is 0.487. The summed E-state index contributed by atoms with van der Waals surface area (Å²) in [6, 6.07) is 57.3. The van der Waals surface area contributed by atoms with Crippen LogP contribution in [0.15, 0.2) is 158 Å². The molecule has 9 aromatic rings. The van der Waals surface area contributed by atoms with Crippen molar-refractivity contribution in [3.63, 3.8) is 0 Å². The van der Waals surface area contributed by atoms with Gasteiger partial charge in [-0.05, 0) is 101 Å². The summed E-state index contributed by atoms with van der Waals surface area (Å²) in [7, 11) is 0. The van der Waals surface area contributed by atoms with Crippen molar-refractivity contribution >= 4 is 43.1 Å². The van der Waals surface area contributed by atoms with Gasteiger partial charge in [0.25, 0.3) is 0 Å². The Bertz CT molecular complexity index is 2580. The summed E-state index contributed by atoms with van der Waals surface area (Å²) in [4.78, 5) is 0. The smallest absolute Gasteiger partial charge is 0.136 e. The first-order valence-corrected chi connectivity index (χ1v) is 15.5. The molecule has 0 spiro atoms. The number of ether oxygens (including phenoxy) is 1. The van der Waals surface area contributed by atoms with Crippen LogP contribution in [0.2, 0.25) is 0 Å². The fraction of sp³-hybridized carbons (Fsp3) is 0. The van der Waals surface area contributed by atoms with E-state index in [0.29, 0.717) is 0 Å². The number of rotatable bonds is 3. The standard InChI is InChI=1S/C44H26O/c1-2-6-27(7-3-1)33-20-23-40-39(25-33)37-11-5-10-34-24-35(26-41(45-40)43(34)37)28-12-14-29(15-13-28)36-21-18-32-17-16-30-8-4-9-31-19-22-38(36)44(32)42(30)31/h1-26H. The second kappa shape index (κ2) is 9.29. The number of fused-ring (bicyclic) bond motifs is 2. The first-order valence-electron chi connectivity index (χ1n) is 15.5. The molecule has 0 aliphatic carbocycles. The predicted octanol–water partition coefficient (Wildman–Crippen LogP) is 12.5. The Morgan fingerprint density at radius 2 is 0.956 bits per heavy atom. The maximum Gasteiger partial charge on any atom is 0.136 e. The molecule has 0 atom stereocenters. The molecule has 0 saturated carbocycles. The van der Waals surface area contributed by atoms with Gasteiger partial charge in [-0.25, -0.2) is 0 Å². The highest BCUT2D eigenvalue weighted by molar-refractivity contribution is 6.25. The first kappa shape index (κ1) is 24.5. The minimum Gasteiger partial charge on any atom is -0.456 e. The van der Waals surface area contributed by atoms with Gasteiger partial charge in [0.1, 0.15) is 11.5 Å². The first-order chi connectivity index (χ1) is 22.3. The van der Waals surface area contributed by atoms with Crippen LogP contribution in [0.5, 0.6) is 11.5 Å². The quantitative estimate of drug-likeness (QED) is 0.192. The average molecular weight is 571 g/mol. The number of hydrogen-bond donors (Lipinski definition) is 0. The molecule has 10 rings (SSSR count). The fourth-order valence-electron chi connectivity index (χ4n) is 7.45. The second-order valence-electron chi connectivity index (χ2n) is 12.1. The zero-order valence-electron chi connectivity index (χ0n) is 24.4. The molecule has 208 valence electrons. The van der Waals surface area contributed by atoms with Gasteiger partial charge >= 0.3 is 0 Å². The Morgan fingerprint density at radius 1 is 0.289 bits per heavy atom. The summed E-state index contributed by atoms with van der Waals surface area (Å²) in [5, 5.41) is 10.2. The van der Waals surface area contributed by atoms with Crippen molar-refractivity contribution in [2.45, 2.75) is 0 Å². The molecule has 45 heavy (non-hydrogen) atoms. The Balaban J connectivity index is 1.06. The van der Waals surface area contributed by atoms with Crippen LogP contribution in [0, 0.1) is 0 Å². The maximum atomic E-state index is 6.60. The minimum absolute atomic E-state index is 0.899. The summed E-state index contributed by atoms with van der Waals surface area (Å²) >= 11 is 0. The molecule has 9 aromatic carbocycles. The third-order valence-electron chi connectivity index (χ3n) is 9.60. The van der Waals surface area contributed by atoms with Crippen molar-refractivity contribution in [2.75, 3.05) is 0 Å². The van der Waals surface area contributed by atoms with Gasteiger partial charge in [0.2, 0.25) is 0 Å². The van der Waals surface area contributed by atoms with Crippen LogP contribution >= 0.6 is 0 Å². The van der Waals surface area contributed by atoms with Gasteiger partial charge in [-0.2, -0.15) is 0 Å². The minimum atomic E-state index is 0.899. The Morgan fingerprint density at radius 3 is 1.80 bits per heavy atom. The van der Waals surface area contributed by atoms with Gasteiger partial charge in [-0.3, -0.25) is 0 Å². The van der Waals surface area contributed by atoms with Crippen LogP contribution < -0.4 is 4.74 Å². The lowest BCUT2D eigenvalue weighted by Crippen LogP contribution is -1.98. The topological polar surface area (TPSA) is 9.23 Å². The third-order valence-corrected chi connectivity index (χ3v) is 9.60. The molecule has 0 fully saturated rings. The molecule has 1 heterocycles. The number of benzene rings is 9. The van der Waals surface area contributed by atoms with E-state index in [1.807, 2.05) is 0 Å². The molecule has 0 unspecified atom stereocenters. The van der Waals surface area contributed by atoms with Crippen molar-refractivity contribution in [1.82, 2.24) is 0 Å². The molecule has 1 nitrogen and oxygen atoms in total. The van der Waals surface area contributed by atoms with E-state index >= 15 is 0 Å². The summed E-state index contributed by atoms with van der Waals surface area (Å²) < 4.78 is 6.60. The molecule has 0 bridgehead atoms. The van der Waals surface area contributed by atoms with E-state index < -0.39 is 0 Å². The van der Waals surface area contributed by atoms with E-state index in [-0.39, 0.29) is 0 Å². The largest absolute Gasteiger partial charge is 0.456 e. The molecule has 1 heteroatoms. The average Bonchev–Trinajstić information content (AvgIpc) is 3.11. The highest BCUT2D eigenvalue weighted by Gasteiger charge is 2.22. The Kier molecular flexibility index (Phi) is 5.06. The van der Waals surface area contributed by atoms with Gasteiger partial charge in [0.05, 0.1) is 0 Å². The molecule has 1 aliphatic heterocycles. The molecule has 0 saturated heterocycles. The molecular weight excluding hydrogens is 544 g/mol. The monoisotopic (exact) mass is 570 g/mol. The normalized spacial score (nSPS) is 12.2. The SMILES string of the molecule is c1ccc(-c2ccc3c(c2)-c2cccc4cc(-c5ccc(-c6ccc7ccc8cccc9ccc6c7c89)cc5)cc(c24)O3)cc1. The lowest BCUT2D eigenvalue weighted by atomic mass is 9.89. The Hall–Kier alpha value is -5.92. The van der Waals surface area contributed by atoms with Gasteiger partial charge < -0.3 is 4.74 Å². The van der Waals surface area contributed by atoms with Gasteiger partial charge in [0, 0.05) is 10.9 Å². The summed E-state index contributed by atoms with van der Waals surface area (Å²) in [5.41, 5.74) is 9.58. The van der Waals surface area contributed by atoms with E-state index in [4.69, 9.17) is 4.74 Å². The zero-order chi connectivity index (χ0) is 29.5. The zero-order valence-corrected chi connectivity index (χ0v) is 24.4. The predicted molar refractivity (Wildman–Crippen MR) is 189 cm³/mol. The second-order valence-corrected chi connectivity index (χ2v) is 12.1. The summed E-state index contributed by atoms with van der Waals surface area (Å²) in [5.74, 6) is 1.81. The lowest BCUT2D eigenvalue weighted by Gasteiger charge is -2.23. The van der Waals surface area contributed by atoms with Crippen LogP contribution in [0.4, 0.5) is 0 Å². The molecule has 0 N–H and O–H groups in total. The van der Waals surface area contributed by atoms with Crippen LogP contribution in [-0.4, -0.2) is 0 Å². The molecule has 0 amide bonds. The number of hydrogen-bond acceptors (Lipinski definition) is 1. The summed E-state index contributed by atoms with van der Waals surface area (Å²) in [6.45, 7) is 0. The molecule has 0 radical (unpaired) electrons. The highest BCUT2D eigenvalue weighted by Crippen LogP contribution is 2.49. The van der Waals surface area contributed by atoms with Crippen molar-refractivity contribution in [2.24, 2.45) is 0 Å². The van der Waals surface area contributed by atoms with Gasteiger partial charge in [-0.15, -0.1) is 0 Å². The van der Waals surface area contributed by atoms with E-state index in [9.17, 15) is 0 Å². The maximum absolute atomic E-state index is 6.60. The van der Waals surface area contributed by atoms with Crippen molar-refractivity contribution in [3.8, 4) is 56.0 Å². The highest BCUT2D eigenvalue weighted by atomic mass is 16.5. The molecule has 1 aliphatic rings.